The molecule has 19 heavy (non-hydrogen) atoms. The molecule has 0 aromatic heterocycles. The molecule has 0 spiro atoms. The Balaban J connectivity index is 2.27. The van der Waals surface area contributed by atoms with E-state index in [9.17, 15) is 13.9 Å². The maximum absolute atomic E-state index is 14.0. The highest BCUT2D eigenvalue weighted by Gasteiger charge is 2.29. The van der Waals surface area contributed by atoms with Gasteiger partial charge in [0.05, 0.1) is 11.3 Å². The van der Waals surface area contributed by atoms with Crippen LogP contribution in [0.4, 0.5) is 14.5 Å². The summed E-state index contributed by atoms with van der Waals surface area (Å²) in [4.78, 5) is 1.56. The first-order valence-electron chi connectivity index (χ1n) is 6.07. The van der Waals surface area contributed by atoms with Crippen LogP contribution in [0.25, 0.3) is 0 Å². The van der Waals surface area contributed by atoms with Crippen molar-refractivity contribution in [2.75, 3.05) is 18.0 Å². The van der Waals surface area contributed by atoms with Crippen LogP contribution in [-0.2, 0) is 0 Å². The second kappa shape index (κ2) is 5.02. The number of rotatable bonds is 2. The van der Waals surface area contributed by atoms with Gasteiger partial charge < -0.3 is 15.7 Å². The van der Waals surface area contributed by atoms with Gasteiger partial charge in [-0.15, -0.1) is 0 Å². The lowest BCUT2D eigenvalue weighted by atomic mass is 9.93. The topological polar surface area (TPSA) is 49.5 Å². The van der Waals surface area contributed by atoms with Gasteiger partial charge in [-0.25, -0.2) is 8.78 Å². The van der Waals surface area contributed by atoms with E-state index in [1.54, 1.807) is 11.8 Å². The van der Waals surface area contributed by atoms with E-state index in [0.29, 0.717) is 25.9 Å². The first-order chi connectivity index (χ1) is 8.82. The average molecular weight is 286 g/mol. The molecule has 104 valence electrons. The largest absolute Gasteiger partial charge is 0.390 e. The third-order valence-electron chi connectivity index (χ3n) is 3.51. The van der Waals surface area contributed by atoms with Crippen LogP contribution in [0.3, 0.4) is 0 Å². The number of halogens is 2. The van der Waals surface area contributed by atoms with Crippen LogP contribution >= 0.6 is 12.2 Å². The Hall–Kier alpha value is -1.27. The van der Waals surface area contributed by atoms with Crippen molar-refractivity contribution < 1.29 is 13.9 Å². The Morgan fingerprint density at radius 1 is 1.32 bits per heavy atom. The van der Waals surface area contributed by atoms with Crippen molar-refractivity contribution in [1.29, 1.82) is 0 Å². The second-order valence-corrected chi connectivity index (χ2v) is 5.55. The highest BCUT2D eigenvalue weighted by Crippen LogP contribution is 2.29. The van der Waals surface area contributed by atoms with Gasteiger partial charge in [-0.3, -0.25) is 0 Å². The van der Waals surface area contributed by atoms with Crippen LogP contribution in [0.5, 0.6) is 0 Å². The summed E-state index contributed by atoms with van der Waals surface area (Å²) in [6, 6.07) is 2.87. The summed E-state index contributed by atoms with van der Waals surface area (Å²) in [5.74, 6) is -1.95. The standard InChI is InChI=1S/C13H16F2N2OS/c1-13(18)4-6-17(7-5-13)9-3-2-8(12(16)19)10(14)11(9)15/h2-3,18H,4-7H2,1H3,(H2,16,19). The van der Waals surface area contributed by atoms with Crippen LogP contribution < -0.4 is 10.6 Å². The van der Waals surface area contributed by atoms with Gasteiger partial charge in [0, 0.05) is 18.7 Å². The summed E-state index contributed by atoms with van der Waals surface area (Å²) >= 11 is 4.66. The van der Waals surface area contributed by atoms with Crippen LogP contribution in [0.15, 0.2) is 12.1 Å². The number of nitrogens with zero attached hydrogens (tertiary/aromatic N) is 1. The van der Waals surface area contributed by atoms with Gasteiger partial charge in [0.15, 0.2) is 11.6 Å². The number of piperidine rings is 1. The third-order valence-corrected chi connectivity index (χ3v) is 3.73. The van der Waals surface area contributed by atoms with Gasteiger partial charge in [0.1, 0.15) is 4.99 Å². The van der Waals surface area contributed by atoms with E-state index in [0.717, 1.165) is 0 Å². The molecule has 0 unspecified atom stereocenters. The SMILES string of the molecule is CC1(O)CCN(c2ccc(C(N)=S)c(F)c2F)CC1. The summed E-state index contributed by atoms with van der Waals surface area (Å²) in [5, 5.41) is 9.85. The van der Waals surface area contributed by atoms with E-state index in [-0.39, 0.29) is 16.2 Å². The molecule has 0 aliphatic carbocycles. The lowest BCUT2D eigenvalue weighted by Gasteiger charge is -2.37. The van der Waals surface area contributed by atoms with Crippen LogP contribution in [0, 0.1) is 11.6 Å². The molecule has 1 fully saturated rings. The first-order valence-corrected chi connectivity index (χ1v) is 6.48. The van der Waals surface area contributed by atoms with Crippen molar-refractivity contribution in [1.82, 2.24) is 0 Å². The van der Waals surface area contributed by atoms with Gasteiger partial charge in [0.2, 0.25) is 0 Å². The molecule has 0 saturated carbocycles. The van der Waals surface area contributed by atoms with Crippen molar-refractivity contribution in [3.05, 3.63) is 29.3 Å². The first kappa shape index (κ1) is 14.1. The quantitative estimate of drug-likeness (QED) is 0.816. The van der Waals surface area contributed by atoms with Gasteiger partial charge in [-0.1, -0.05) is 12.2 Å². The third kappa shape index (κ3) is 2.84. The lowest BCUT2D eigenvalue weighted by molar-refractivity contribution is 0.0350. The van der Waals surface area contributed by atoms with E-state index >= 15 is 0 Å². The maximum Gasteiger partial charge on any atom is 0.182 e. The summed E-state index contributed by atoms with van der Waals surface area (Å²) < 4.78 is 27.8. The summed E-state index contributed by atoms with van der Waals surface area (Å²) in [6.07, 6.45) is 1.04. The molecule has 1 saturated heterocycles. The minimum absolute atomic E-state index is 0.0831. The molecule has 1 aromatic carbocycles. The summed E-state index contributed by atoms with van der Waals surface area (Å²) in [7, 11) is 0. The van der Waals surface area contributed by atoms with Crippen molar-refractivity contribution >= 4 is 22.9 Å². The minimum Gasteiger partial charge on any atom is -0.390 e. The average Bonchev–Trinajstić information content (AvgIpc) is 2.33. The Bertz CT molecular complexity index is 510. The Labute approximate surface area is 116 Å². The van der Waals surface area contributed by atoms with Gasteiger partial charge >= 0.3 is 0 Å². The number of anilines is 1. The fourth-order valence-corrected chi connectivity index (χ4v) is 2.36. The lowest BCUT2D eigenvalue weighted by Crippen LogP contribution is -2.42. The minimum atomic E-state index is -1.01. The summed E-state index contributed by atoms with van der Waals surface area (Å²) in [5.41, 5.74) is 4.70. The maximum atomic E-state index is 14.0. The molecule has 0 bridgehead atoms. The number of hydrogen-bond donors (Lipinski definition) is 2. The van der Waals surface area contributed by atoms with Crippen molar-refractivity contribution in [3.63, 3.8) is 0 Å². The van der Waals surface area contributed by atoms with E-state index in [4.69, 9.17) is 5.73 Å². The number of thiocarbonyl (C=S) groups is 1. The van der Waals surface area contributed by atoms with Crippen molar-refractivity contribution in [2.24, 2.45) is 5.73 Å². The Morgan fingerprint density at radius 3 is 2.42 bits per heavy atom. The van der Waals surface area contributed by atoms with Gasteiger partial charge in [0.25, 0.3) is 0 Å². The molecule has 0 atom stereocenters. The van der Waals surface area contributed by atoms with E-state index in [1.807, 2.05) is 0 Å². The molecule has 1 heterocycles. The Kier molecular flexibility index (Phi) is 3.73. The second-order valence-electron chi connectivity index (χ2n) is 5.11. The number of benzene rings is 1. The molecule has 0 radical (unpaired) electrons. The molecular weight excluding hydrogens is 270 g/mol. The molecule has 3 N–H and O–H groups in total. The van der Waals surface area contributed by atoms with Gasteiger partial charge in [-0.05, 0) is 31.9 Å². The smallest absolute Gasteiger partial charge is 0.182 e. The monoisotopic (exact) mass is 286 g/mol. The fourth-order valence-electron chi connectivity index (χ4n) is 2.20. The molecule has 3 nitrogen and oxygen atoms in total. The molecule has 1 aromatic rings. The molecule has 2 rings (SSSR count). The number of nitrogens with two attached hydrogens (primary N) is 1. The zero-order chi connectivity index (χ0) is 14.2. The summed E-state index contributed by atoms with van der Waals surface area (Å²) in [6.45, 7) is 2.71. The van der Waals surface area contributed by atoms with Crippen molar-refractivity contribution in [2.45, 2.75) is 25.4 Å². The molecule has 1 aliphatic heterocycles. The fraction of sp³-hybridized carbons (Fsp3) is 0.462. The number of hydrogen-bond acceptors (Lipinski definition) is 3. The highest BCUT2D eigenvalue weighted by atomic mass is 32.1. The van der Waals surface area contributed by atoms with E-state index in [1.165, 1.54) is 12.1 Å². The van der Waals surface area contributed by atoms with Crippen LogP contribution in [0.2, 0.25) is 0 Å². The highest BCUT2D eigenvalue weighted by molar-refractivity contribution is 7.80. The molecular formula is C13H16F2N2OS. The van der Waals surface area contributed by atoms with E-state index < -0.39 is 17.2 Å². The predicted octanol–water partition coefficient (Wildman–Crippen LogP) is 1.95. The van der Waals surface area contributed by atoms with Crippen LogP contribution in [-0.4, -0.2) is 28.8 Å². The zero-order valence-corrected chi connectivity index (χ0v) is 11.4. The number of aliphatic hydroxyl groups is 1. The molecule has 1 aliphatic rings. The van der Waals surface area contributed by atoms with E-state index in [2.05, 4.69) is 12.2 Å². The predicted molar refractivity (Wildman–Crippen MR) is 74.3 cm³/mol. The normalized spacial score (nSPS) is 18.4. The van der Waals surface area contributed by atoms with Crippen molar-refractivity contribution in [3.8, 4) is 0 Å². The van der Waals surface area contributed by atoms with Gasteiger partial charge in [-0.2, -0.15) is 0 Å². The Morgan fingerprint density at radius 2 is 1.89 bits per heavy atom. The van der Waals surface area contributed by atoms with Crippen LogP contribution in [0.1, 0.15) is 25.3 Å². The zero-order valence-electron chi connectivity index (χ0n) is 10.6. The molecule has 0 amide bonds. The molecule has 6 heteroatoms.